The number of halogens is 1. The number of nitrogens with zero attached hydrogens (tertiary/aromatic N) is 4. The summed E-state index contributed by atoms with van der Waals surface area (Å²) in [4.78, 5) is 18.2. The predicted molar refractivity (Wildman–Crippen MR) is 113 cm³/mol. The van der Waals surface area contributed by atoms with E-state index in [-0.39, 0.29) is 17.9 Å². The van der Waals surface area contributed by atoms with Crippen LogP contribution in [0.1, 0.15) is 37.7 Å². The molecule has 0 aromatic carbocycles. The SMILES string of the molecule is CC1=C(F)C2NN(C(C)c3ncn4c3CCC4)C=C2C=C1.O=CNc1ccccn1. The van der Waals surface area contributed by atoms with E-state index in [0.717, 1.165) is 24.2 Å². The zero-order chi connectivity index (χ0) is 21.1. The van der Waals surface area contributed by atoms with Gasteiger partial charge in [0.25, 0.3) is 0 Å². The Balaban J connectivity index is 0.000000204. The number of hydrogen-bond acceptors (Lipinski definition) is 5. The second-order valence-corrected chi connectivity index (χ2v) is 7.49. The number of fused-ring (bicyclic) bond motifs is 2. The lowest BCUT2D eigenvalue weighted by Crippen LogP contribution is -2.39. The molecule has 3 aliphatic rings. The van der Waals surface area contributed by atoms with Gasteiger partial charge < -0.3 is 14.9 Å². The summed E-state index contributed by atoms with van der Waals surface area (Å²) in [6.07, 6.45) is 12.2. The standard InChI is InChI=1S/C16H19FN4.C6H6N2O/c1-10-5-6-12-8-21(19-16(12)14(10)17)11(2)15-13-4-3-7-20(13)9-18-15;9-5-8-6-3-1-2-4-7-6/h5-6,8-9,11,16,19H,3-4,7H2,1-2H3;1-5H,(H,7,8,9). The summed E-state index contributed by atoms with van der Waals surface area (Å²) in [5, 5.41) is 4.41. The molecule has 0 fully saturated rings. The Hall–Kier alpha value is -3.26. The van der Waals surface area contributed by atoms with E-state index in [9.17, 15) is 9.18 Å². The lowest BCUT2D eigenvalue weighted by molar-refractivity contribution is -0.105. The number of aryl methyl sites for hydroxylation is 1. The number of imidazole rings is 1. The van der Waals surface area contributed by atoms with Crippen LogP contribution in [0.25, 0.3) is 0 Å². The van der Waals surface area contributed by atoms with Gasteiger partial charge in [-0.2, -0.15) is 0 Å². The summed E-state index contributed by atoms with van der Waals surface area (Å²) in [6.45, 7) is 4.98. The number of aromatic nitrogens is 3. The molecule has 1 amide bonds. The van der Waals surface area contributed by atoms with Crippen molar-refractivity contribution in [2.24, 2.45) is 0 Å². The molecule has 0 radical (unpaired) electrons. The van der Waals surface area contributed by atoms with E-state index >= 15 is 0 Å². The largest absolute Gasteiger partial charge is 0.334 e. The van der Waals surface area contributed by atoms with Crippen LogP contribution in [0.15, 0.2) is 66.0 Å². The first-order chi connectivity index (χ1) is 14.6. The molecule has 2 aromatic heterocycles. The highest BCUT2D eigenvalue weighted by Gasteiger charge is 2.33. The molecule has 0 saturated heterocycles. The van der Waals surface area contributed by atoms with E-state index in [1.165, 1.54) is 12.1 Å². The lowest BCUT2D eigenvalue weighted by Gasteiger charge is -2.26. The van der Waals surface area contributed by atoms with Crippen LogP contribution in [0.5, 0.6) is 0 Å². The van der Waals surface area contributed by atoms with Crippen molar-refractivity contribution in [2.75, 3.05) is 5.32 Å². The molecule has 156 valence electrons. The number of allylic oxidation sites excluding steroid dienone is 2. The van der Waals surface area contributed by atoms with Gasteiger partial charge in [-0.15, -0.1) is 0 Å². The van der Waals surface area contributed by atoms with Crippen molar-refractivity contribution in [3.05, 3.63) is 77.4 Å². The van der Waals surface area contributed by atoms with Crippen molar-refractivity contribution in [2.45, 2.75) is 45.3 Å². The molecule has 4 heterocycles. The molecule has 2 unspecified atom stereocenters. The van der Waals surface area contributed by atoms with Crippen molar-refractivity contribution in [1.29, 1.82) is 0 Å². The molecule has 2 aliphatic heterocycles. The summed E-state index contributed by atoms with van der Waals surface area (Å²) < 4.78 is 16.4. The van der Waals surface area contributed by atoms with Crippen molar-refractivity contribution < 1.29 is 9.18 Å². The average Bonchev–Trinajstić information content (AvgIpc) is 3.47. The first-order valence-corrected chi connectivity index (χ1v) is 10.0. The van der Waals surface area contributed by atoms with E-state index < -0.39 is 0 Å². The summed E-state index contributed by atoms with van der Waals surface area (Å²) in [6, 6.07) is 5.07. The second-order valence-electron chi connectivity index (χ2n) is 7.49. The van der Waals surface area contributed by atoms with Gasteiger partial charge in [-0.1, -0.05) is 18.2 Å². The zero-order valence-electron chi connectivity index (χ0n) is 17.0. The molecule has 0 spiro atoms. The smallest absolute Gasteiger partial charge is 0.212 e. The van der Waals surface area contributed by atoms with Crippen LogP contribution in [-0.4, -0.2) is 32.0 Å². The minimum atomic E-state index is -0.340. The van der Waals surface area contributed by atoms with Crippen molar-refractivity contribution >= 4 is 12.2 Å². The van der Waals surface area contributed by atoms with Crippen LogP contribution >= 0.6 is 0 Å². The van der Waals surface area contributed by atoms with Crippen molar-refractivity contribution in [3.63, 3.8) is 0 Å². The topological polar surface area (TPSA) is 75.1 Å². The summed E-state index contributed by atoms with van der Waals surface area (Å²) in [5.41, 5.74) is 7.35. The molecule has 7 nitrogen and oxygen atoms in total. The molecule has 2 atom stereocenters. The molecule has 5 rings (SSSR count). The van der Waals surface area contributed by atoms with E-state index in [1.54, 1.807) is 31.3 Å². The molecular formula is C22H25FN6O. The number of carbonyl (C=O) groups excluding carboxylic acids is 1. The van der Waals surface area contributed by atoms with Crippen LogP contribution in [0, 0.1) is 0 Å². The number of pyridine rings is 1. The molecule has 1 aliphatic carbocycles. The monoisotopic (exact) mass is 408 g/mol. The summed E-state index contributed by atoms with van der Waals surface area (Å²) in [7, 11) is 0. The van der Waals surface area contributed by atoms with Crippen molar-refractivity contribution in [3.8, 4) is 0 Å². The molecule has 0 bridgehead atoms. The molecule has 8 heteroatoms. The van der Waals surface area contributed by atoms with Gasteiger partial charge in [0.05, 0.1) is 18.1 Å². The third kappa shape index (κ3) is 3.91. The fraction of sp³-hybridized carbons (Fsp3) is 0.318. The fourth-order valence-corrected chi connectivity index (χ4v) is 3.88. The maximum Gasteiger partial charge on any atom is 0.212 e. The quantitative estimate of drug-likeness (QED) is 0.759. The maximum atomic E-state index is 14.2. The van der Waals surface area contributed by atoms with Crippen LogP contribution < -0.4 is 10.7 Å². The van der Waals surface area contributed by atoms with Gasteiger partial charge in [0.1, 0.15) is 17.7 Å². The van der Waals surface area contributed by atoms with Gasteiger partial charge in [-0.3, -0.25) is 4.79 Å². The highest BCUT2D eigenvalue weighted by atomic mass is 19.1. The Kier molecular flexibility index (Phi) is 5.76. The van der Waals surface area contributed by atoms with Gasteiger partial charge in [0.2, 0.25) is 6.41 Å². The number of amides is 1. The van der Waals surface area contributed by atoms with Gasteiger partial charge in [-0.25, -0.2) is 19.8 Å². The normalized spacial score (nSPS) is 20.2. The average molecular weight is 408 g/mol. The Morgan fingerprint density at radius 3 is 2.97 bits per heavy atom. The third-order valence-electron chi connectivity index (χ3n) is 5.53. The number of rotatable bonds is 4. The second kappa shape index (κ2) is 8.62. The number of carbonyl (C=O) groups is 1. The van der Waals surface area contributed by atoms with Crippen molar-refractivity contribution in [1.82, 2.24) is 25.0 Å². The Labute approximate surface area is 175 Å². The number of anilines is 1. The van der Waals surface area contributed by atoms with E-state index in [1.807, 2.05) is 29.7 Å². The van der Waals surface area contributed by atoms with Crippen LogP contribution in [0.3, 0.4) is 0 Å². The number of nitrogens with one attached hydrogen (secondary N) is 2. The minimum Gasteiger partial charge on any atom is -0.334 e. The predicted octanol–water partition coefficient (Wildman–Crippen LogP) is 3.43. The van der Waals surface area contributed by atoms with Crippen LogP contribution in [0.4, 0.5) is 10.2 Å². The first kappa shape index (κ1) is 20.0. The Morgan fingerprint density at radius 2 is 2.20 bits per heavy atom. The van der Waals surface area contributed by atoms with Crippen LogP contribution in [0.2, 0.25) is 0 Å². The van der Waals surface area contributed by atoms with Crippen LogP contribution in [-0.2, 0) is 17.8 Å². The van der Waals surface area contributed by atoms with E-state index in [2.05, 4.69) is 32.2 Å². The lowest BCUT2D eigenvalue weighted by atomic mass is 9.99. The van der Waals surface area contributed by atoms with Gasteiger partial charge in [0.15, 0.2) is 0 Å². The van der Waals surface area contributed by atoms with E-state index in [0.29, 0.717) is 17.8 Å². The highest BCUT2D eigenvalue weighted by Crippen LogP contribution is 2.33. The van der Waals surface area contributed by atoms with E-state index in [4.69, 9.17) is 0 Å². The fourth-order valence-electron chi connectivity index (χ4n) is 3.88. The number of hydrogen-bond donors (Lipinski definition) is 2. The third-order valence-corrected chi connectivity index (χ3v) is 5.53. The minimum absolute atomic E-state index is 0.0893. The highest BCUT2D eigenvalue weighted by molar-refractivity contribution is 5.68. The molecule has 30 heavy (non-hydrogen) atoms. The Morgan fingerprint density at radius 1 is 1.33 bits per heavy atom. The summed E-state index contributed by atoms with van der Waals surface area (Å²) in [5.74, 6) is 0.487. The first-order valence-electron chi connectivity index (χ1n) is 10.0. The van der Waals surface area contributed by atoms with Gasteiger partial charge in [0, 0.05) is 24.6 Å². The molecular weight excluding hydrogens is 383 g/mol. The summed E-state index contributed by atoms with van der Waals surface area (Å²) >= 11 is 0. The maximum absolute atomic E-state index is 14.2. The molecule has 2 N–H and O–H groups in total. The molecule has 0 saturated carbocycles. The number of hydrazine groups is 1. The van der Waals surface area contributed by atoms with Gasteiger partial charge >= 0.3 is 0 Å². The molecule has 2 aromatic rings. The zero-order valence-corrected chi connectivity index (χ0v) is 17.0. The Bertz CT molecular complexity index is 1010. The van der Waals surface area contributed by atoms with Gasteiger partial charge in [-0.05, 0) is 50.0 Å².